The van der Waals surface area contributed by atoms with Gasteiger partial charge in [0.05, 0.1) is 6.10 Å². The average molecular weight is 375 g/mol. The quantitative estimate of drug-likeness (QED) is 0.645. The van der Waals surface area contributed by atoms with E-state index >= 15 is 0 Å². The van der Waals surface area contributed by atoms with Gasteiger partial charge in [0.1, 0.15) is 0 Å². The van der Waals surface area contributed by atoms with Gasteiger partial charge in [-0.15, -0.1) is 0 Å². The Balaban J connectivity index is 1.54. The van der Waals surface area contributed by atoms with Crippen molar-refractivity contribution in [1.29, 1.82) is 0 Å². The van der Waals surface area contributed by atoms with E-state index in [1.807, 2.05) is 0 Å². The molecule has 0 aromatic rings. The van der Waals surface area contributed by atoms with Crippen molar-refractivity contribution in [3.05, 3.63) is 11.6 Å². The molecule has 152 valence electrons. The summed E-state index contributed by atoms with van der Waals surface area (Å²) in [7, 11) is 0. The molecule has 3 nitrogen and oxygen atoms in total. The highest BCUT2D eigenvalue weighted by atomic mass is 16.4. The number of fused-ring (bicyclic) bond motifs is 5. The van der Waals surface area contributed by atoms with Gasteiger partial charge in [-0.05, 0) is 98.2 Å². The Morgan fingerprint density at radius 2 is 1.96 bits per heavy atom. The van der Waals surface area contributed by atoms with Crippen LogP contribution in [0, 0.1) is 40.4 Å². The van der Waals surface area contributed by atoms with Crippen LogP contribution in [-0.4, -0.2) is 22.3 Å². The van der Waals surface area contributed by atoms with E-state index in [4.69, 9.17) is 5.11 Å². The zero-order chi connectivity index (χ0) is 19.4. The standard InChI is InChI=1S/C24H38O3/c1-15(4-9-22(26)27)19-7-8-20-18-6-5-16-14-17(25)10-12-23(16,2)21(18)11-13-24(19,20)3/h5,15,17-21,25H,4,6-14H2,1-3H3,(H,26,27)/t15-,17+,18?,19-,20+,21+,23+,24-/m1/s1. The molecule has 0 spiro atoms. The molecule has 27 heavy (non-hydrogen) atoms. The van der Waals surface area contributed by atoms with Crippen molar-refractivity contribution >= 4 is 5.97 Å². The number of aliphatic hydroxyl groups excluding tert-OH is 1. The first-order valence-corrected chi connectivity index (χ1v) is 11.3. The van der Waals surface area contributed by atoms with E-state index < -0.39 is 5.97 Å². The number of carboxylic acid groups (broad SMARTS) is 1. The third-order valence-electron chi connectivity index (χ3n) is 9.65. The van der Waals surface area contributed by atoms with Gasteiger partial charge < -0.3 is 10.2 Å². The molecule has 3 saturated carbocycles. The van der Waals surface area contributed by atoms with Crippen LogP contribution in [0.2, 0.25) is 0 Å². The second-order valence-corrected chi connectivity index (χ2v) is 10.8. The first-order chi connectivity index (χ1) is 12.8. The first-order valence-electron chi connectivity index (χ1n) is 11.3. The lowest BCUT2D eigenvalue weighted by Gasteiger charge is -2.58. The molecule has 4 aliphatic rings. The minimum Gasteiger partial charge on any atom is -0.481 e. The molecule has 0 aromatic heterocycles. The largest absolute Gasteiger partial charge is 0.481 e. The summed E-state index contributed by atoms with van der Waals surface area (Å²) in [6.07, 6.45) is 13.0. The van der Waals surface area contributed by atoms with E-state index in [-0.39, 0.29) is 6.10 Å². The summed E-state index contributed by atoms with van der Waals surface area (Å²) in [4.78, 5) is 11.0. The van der Waals surface area contributed by atoms with Crippen molar-refractivity contribution in [3.8, 4) is 0 Å². The zero-order valence-electron chi connectivity index (χ0n) is 17.4. The predicted octanol–water partition coefficient (Wildman–Crippen LogP) is 5.43. The summed E-state index contributed by atoms with van der Waals surface area (Å²) in [5, 5.41) is 19.2. The normalized spacial score (nSPS) is 47.4. The second kappa shape index (κ2) is 6.90. The summed E-state index contributed by atoms with van der Waals surface area (Å²) in [5.74, 6) is 2.94. The molecule has 0 aliphatic heterocycles. The van der Waals surface area contributed by atoms with Crippen molar-refractivity contribution < 1.29 is 15.0 Å². The zero-order valence-corrected chi connectivity index (χ0v) is 17.4. The highest BCUT2D eigenvalue weighted by molar-refractivity contribution is 5.66. The topological polar surface area (TPSA) is 57.5 Å². The number of rotatable bonds is 4. The van der Waals surface area contributed by atoms with Crippen LogP contribution < -0.4 is 0 Å². The molecule has 3 heteroatoms. The number of aliphatic carboxylic acids is 1. The van der Waals surface area contributed by atoms with E-state index in [1.165, 1.54) is 32.1 Å². The van der Waals surface area contributed by atoms with Gasteiger partial charge in [-0.2, -0.15) is 0 Å². The summed E-state index contributed by atoms with van der Waals surface area (Å²) >= 11 is 0. The maximum absolute atomic E-state index is 11.0. The van der Waals surface area contributed by atoms with Crippen LogP contribution in [-0.2, 0) is 4.79 Å². The third-order valence-corrected chi connectivity index (χ3v) is 9.65. The SMILES string of the molecule is C[C@H](CCC(=O)O)[C@H]1CC[C@H]2C3CC=C4C[C@@H](O)CC[C@]4(C)[C@H]3CC[C@]12C. The number of hydrogen-bond donors (Lipinski definition) is 2. The van der Waals surface area contributed by atoms with E-state index in [0.29, 0.717) is 29.1 Å². The molecule has 0 bridgehead atoms. The van der Waals surface area contributed by atoms with Crippen molar-refractivity contribution in [1.82, 2.24) is 0 Å². The summed E-state index contributed by atoms with van der Waals surface area (Å²) in [6, 6.07) is 0. The molecule has 0 aromatic carbocycles. The Labute approximate surface area is 164 Å². The Morgan fingerprint density at radius 1 is 1.19 bits per heavy atom. The van der Waals surface area contributed by atoms with Crippen LogP contribution >= 0.6 is 0 Å². The number of carbonyl (C=O) groups is 1. The minimum atomic E-state index is -0.650. The van der Waals surface area contributed by atoms with Crippen molar-refractivity contribution in [2.45, 2.75) is 91.1 Å². The third kappa shape index (κ3) is 3.09. The van der Waals surface area contributed by atoms with Gasteiger partial charge in [0.2, 0.25) is 0 Å². The predicted molar refractivity (Wildman–Crippen MR) is 107 cm³/mol. The lowest BCUT2D eigenvalue weighted by Crippen LogP contribution is -2.50. The Hall–Kier alpha value is -0.830. The van der Waals surface area contributed by atoms with Crippen LogP contribution in [0.5, 0.6) is 0 Å². The number of carboxylic acids is 1. The molecule has 4 aliphatic carbocycles. The Kier molecular flexibility index (Phi) is 4.98. The van der Waals surface area contributed by atoms with Crippen molar-refractivity contribution in [2.24, 2.45) is 40.4 Å². The van der Waals surface area contributed by atoms with Crippen LogP contribution in [0.1, 0.15) is 85.0 Å². The van der Waals surface area contributed by atoms with Gasteiger partial charge in [0.15, 0.2) is 0 Å². The molecule has 0 heterocycles. The van der Waals surface area contributed by atoms with Gasteiger partial charge in [0.25, 0.3) is 0 Å². The molecule has 1 unspecified atom stereocenters. The summed E-state index contributed by atoms with van der Waals surface area (Å²) < 4.78 is 0. The molecule has 8 atom stereocenters. The second-order valence-electron chi connectivity index (χ2n) is 10.8. The van der Waals surface area contributed by atoms with Crippen molar-refractivity contribution in [2.75, 3.05) is 0 Å². The van der Waals surface area contributed by atoms with E-state index in [0.717, 1.165) is 43.4 Å². The molecule has 0 radical (unpaired) electrons. The Bertz CT molecular complexity index is 625. The van der Waals surface area contributed by atoms with E-state index in [9.17, 15) is 9.90 Å². The van der Waals surface area contributed by atoms with Gasteiger partial charge in [0, 0.05) is 6.42 Å². The highest BCUT2D eigenvalue weighted by Crippen LogP contribution is 2.67. The maximum atomic E-state index is 11.0. The number of hydrogen-bond acceptors (Lipinski definition) is 2. The molecule has 3 fully saturated rings. The summed E-state index contributed by atoms with van der Waals surface area (Å²) in [6.45, 7) is 7.33. The molecular weight excluding hydrogens is 336 g/mol. The minimum absolute atomic E-state index is 0.124. The molecule has 0 saturated heterocycles. The fraction of sp³-hybridized carbons (Fsp3) is 0.875. The molecule has 0 amide bonds. The summed E-state index contributed by atoms with van der Waals surface area (Å²) in [5.41, 5.74) is 2.27. The highest BCUT2D eigenvalue weighted by Gasteiger charge is 2.59. The lowest BCUT2D eigenvalue weighted by molar-refractivity contribution is -0.137. The van der Waals surface area contributed by atoms with E-state index in [1.54, 1.807) is 5.57 Å². The molecular formula is C24H38O3. The van der Waals surface area contributed by atoms with E-state index in [2.05, 4.69) is 26.8 Å². The molecule has 2 N–H and O–H groups in total. The maximum Gasteiger partial charge on any atom is 0.303 e. The van der Waals surface area contributed by atoms with Gasteiger partial charge in [-0.25, -0.2) is 0 Å². The monoisotopic (exact) mass is 374 g/mol. The van der Waals surface area contributed by atoms with Crippen LogP contribution in [0.25, 0.3) is 0 Å². The van der Waals surface area contributed by atoms with Crippen LogP contribution in [0.3, 0.4) is 0 Å². The Morgan fingerprint density at radius 3 is 2.70 bits per heavy atom. The first kappa shape index (κ1) is 19.5. The van der Waals surface area contributed by atoms with Gasteiger partial charge in [-0.1, -0.05) is 32.4 Å². The number of allylic oxidation sites excluding steroid dienone is 1. The van der Waals surface area contributed by atoms with Crippen LogP contribution in [0.4, 0.5) is 0 Å². The van der Waals surface area contributed by atoms with Crippen LogP contribution in [0.15, 0.2) is 11.6 Å². The average Bonchev–Trinajstić information content (AvgIpc) is 2.97. The lowest BCUT2D eigenvalue weighted by atomic mass is 9.47. The smallest absolute Gasteiger partial charge is 0.303 e. The van der Waals surface area contributed by atoms with Crippen molar-refractivity contribution in [3.63, 3.8) is 0 Å². The fourth-order valence-electron chi connectivity index (χ4n) is 8.17. The number of aliphatic hydroxyl groups is 1. The molecule has 4 rings (SSSR count). The van der Waals surface area contributed by atoms with Gasteiger partial charge >= 0.3 is 5.97 Å². The fourth-order valence-corrected chi connectivity index (χ4v) is 8.17. The van der Waals surface area contributed by atoms with Gasteiger partial charge in [-0.3, -0.25) is 4.79 Å².